The monoisotopic (exact) mass is 382 g/mol. The molecule has 0 radical (unpaired) electrons. The second kappa shape index (κ2) is 6.66. The molecule has 0 bridgehead atoms. The Kier molecular flexibility index (Phi) is 4.09. The van der Waals surface area contributed by atoms with Gasteiger partial charge >= 0.3 is 0 Å². The highest BCUT2D eigenvalue weighted by molar-refractivity contribution is 5.89. The Balaban J connectivity index is 1.78. The molecule has 0 aliphatic carbocycles. The van der Waals surface area contributed by atoms with E-state index < -0.39 is 0 Å². The fourth-order valence-corrected chi connectivity index (χ4v) is 4.83. The zero-order chi connectivity index (χ0) is 20.1. The number of hydrogen-bond acceptors (Lipinski definition) is 4. The molecule has 0 N–H and O–H groups in total. The molecule has 3 aromatic rings. The first-order valence-corrected chi connectivity index (χ1v) is 10.1. The predicted octanol–water partition coefficient (Wildman–Crippen LogP) is 5.68. The van der Waals surface area contributed by atoms with Gasteiger partial charge in [-0.15, -0.1) is 6.58 Å². The van der Waals surface area contributed by atoms with E-state index >= 15 is 0 Å². The molecular weight excluding hydrogens is 356 g/mol. The van der Waals surface area contributed by atoms with Crippen LogP contribution in [0.15, 0.2) is 79.5 Å². The molecule has 1 aromatic heterocycles. The van der Waals surface area contributed by atoms with Gasteiger partial charge in [0.25, 0.3) is 0 Å². The molecule has 3 unspecified atom stereocenters. The van der Waals surface area contributed by atoms with E-state index in [1.165, 1.54) is 16.9 Å². The number of allylic oxidation sites excluding steroid dienone is 1. The van der Waals surface area contributed by atoms with E-state index in [9.17, 15) is 0 Å². The quantitative estimate of drug-likeness (QED) is 0.543. The Hall–Kier alpha value is -3.27. The molecule has 3 heterocycles. The lowest BCUT2D eigenvalue weighted by Gasteiger charge is -2.44. The highest BCUT2D eigenvalue weighted by Gasteiger charge is 2.48. The Labute approximate surface area is 172 Å². The maximum Gasteiger partial charge on any atom is 0.158 e. The number of aromatic nitrogens is 1. The molecule has 2 aliphatic heterocycles. The Morgan fingerprint density at radius 3 is 2.41 bits per heavy atom. The summed E-state index contributed by atoms with van der Waals surface area (Å²) in [5, 5.41) is 0. The maximum atomic E-state index is 4.94. The summed E-state index contributed by atoms with van der Waals surface area (Å²) in [5.41, 5.74) is 5.99. The molecule has 146 valence electrons. The Morgan fingerprint density at radius 1 is 0.966 bits per heavy atom. The van der Waals surface area contributed by atoms with Gasteiger partial charge in [-0.05, 0) is 29.8 Å². The standard InChI is InChI=1S/C25H26N4/c1-5-20-17(2)25-28(18-11-7-6-8-12-18)23-15-19(27(3)4)16-26-24(23)29(25)22-14-10-9-13-21(20)22/h5-17,20,25H,1H2,2-4H3. The molecule has 0 fully saturated rings. The third kappa shape index (κ3) is 2.55. The van der Waals surface area contributed by atoms with E-state index in [1.807, 2.05) is 6.20 Å². The number of nitrogens with zero attached hydrogens (tertiary/aromatic N) is 4. The largest absolute Gasteiger partial charge is 0.376 e. The van der Waals surface area contributed by atoms with Gasteiger partial charge in [0.2, 0.25) is 0 Å². The van der Waals surface area contributed by atoms with E-state index in [0.29, 0.717) is 11.8 Å². The third-order valence-corrected chi connectivity index (χ3v) is 6.25. The summed E-state index contributed by atoms with van der Waals surface area (Å²) < 4.78 is 0. The summed E-state index contributed by atoms with van der Waals surface area (Å²) in [6.07, 6.45) is 4.22. The van der Waals surface area contributed by atoms with Crippen LogP contribution in [0.25, 0.3) is 0 Å². The van der Waals surface area contributed by atoms with Crippen LogP contribution in [0.2, 0.25) is 0 Å². The van der Waals surface area contributed by atoms with Crippen LogP contribution >= 0.6 is 0 Å². The molecule has 0 spiro atoms. The van der Waals surface area contributed by atoms with Crippen molar-refractivity contribution in [2.45, 2.75) is 19.0 Å². The highest BCUT2D eigenvalue weighted by Crippen LogP contribution is 2.55. The SMILES string of the molecule is C=CC1c2ccccc2N2c3ncc(N(C)C)cc3N(c3ccccc3)C2C1C. The summed E-state index contributed by atoms with van der Waals surface area (Å²) in [5.74, 6) is 1.66. The topological polar surface area (TPSA) is 22.6 Å². The van der Waals surface area contributed by atoms with E-state index in [2.05, 4.69) is 109 Å². The lowest BCUT2D eigenvalue weighted by Crippen LogP contribution is -2.48. The summed E-state index contributed by atoms with van der Waals surface area (Å²) in [7, 11) is 4.12. The van der Waals surface area contributed by atoms with Gasteiger partial charge in [0.05, 0.1) is 17.6 Å². The van der Waals surface area contributed by atoms with Gasteiger partial charge in [-0.1, -0.05) is 49.4 Å². The molecule has 4 nitrogen and oxygen atoms in total. The van der Waals surface area contributed by atoms with Crippen molar-refractivity contribution in [2.75, 3.05) is 28.8 Å². The number of pyridine rings is 1. The van der Waals surface area contributed by atoms with Crippen LogP contribution in [0.5, 0.6) is 0 Å². The Bertz CT molecular complexity index is 1060. The molecule has 2 aromatic carbocycles. The van der Waals surface area contributed by atoms with Gasteiger partial charge in [-0.2, -0.15) is 0 Å². The van der Waals surface area contributed by atoms with Crippen molar-refractivity contribution in [1.82, 2.24) is 4.98 Å². The Morgan fingerprint density at radius 2 is 1.69 bits per heavy atom. The molecule has 4 heteroatoms. The summed E-state index contributed by atoms with van der Waals surface area (Å²) >= 11 is 0. The number of hydrogen-bond donors (Lipinski definition) is 0. The number of para-hydroxylation sites is 2. The van der Waals surface area contributed by atoms with Gasteiger partial charge in [0.1, 0.15) is 6.17 Å². The molecule has 0 amide bonds. The van der Waals surface area contributed by atoms with Gasteiger partial charge in [-0.25, -0.2) is 4.98 Å². The van der Waals surface area contributed by atoms with Crippen LogP contribution in [0.4, 0.5) is 28.6 Å². The maximum absolute atomic E-state index is 4.94. The molecule has 3 atom stereocenters. The van der Waals surface area contributed by atoms with Crippen LogP contribution in [0.3, 0.4) is 0 Å². The first-order valence-electron chi connectivity index (χ1n) is 10.1. The van der Waals surface area contributed by atoms with Crippen molar-refractivity contribution in [3.63, 3.8) is 0 Å². The van der Waals surface area contributed by atoms with Crippen LogP contribution in [0.1, 0.15) is 18.4 Å². The van der Waals surface area contributed by atoms with Gasteiger partial charge in [0.15, 0.2) is 5.82 Å². The molecular formula is C25H26N4. The van der Waals surface area contributed by atoms with E-state index in [0.717, 1.165) is 17.2 Å². The van der Waals surface area contributed by atoms with Crippen LogP contribution in [-0.4, -0.2) is 25.2 Å². The molecule has 5 rings (SSSR count). The normalized spacial score (nSPS) is 22.0. The summed E-state index contributed by atoms with van der Waals surface area (Å²) in [6, 6.07) is 21.6. The summed E-state index contributed by atoms with van der Waals surface area (Å²) in [6.45, 7) is 6.50. The minimum atomic E-state index is 0.148. The minimum Gasteiger partial charge on any atom is -0.376 e. The van der Waals surface area contributed by atoms with Crippen molar-refractivity contribution in [3.05, 3.63) is 85.1 Å². The first kappa shape index (κ1) is 17.8. The molecule has 0 saturated heterocycles. The van der Waals surface area contributed by atoms with E-state index in [4.69, 9.17) is 4.98 Å². The fourth-order valence-electron chi connectivity index (χ4n) is 4.83. The molecule has 0 saturated carbocycles. The summed E-state index contributed by atoms with van der Waals surface area (Å²) in [4.78, 5) is 11.9. The van der Waals surface area contributed by atoms with E-state index in [1.54, 1.807) is 0 Å². The lowest BCUT2D eigenvalue weighted by molar-refractivity contribution is 0.409. The minimum absolute atomic E-state index is 0.148. The van der Waals surface area contributed by atoms with Crippen LogP contribution in [0, 0.1) is 5.92 Å². The second-order valence-corrected chi connectivity index (χ2v) is 8.10. The van der Waals surface area contributed by atoms with Crippen LogP contribution < -0.4 is 14.7 Å². The number of fused-ring (bicyclic) bond motifs is 5. The second-order valence-electron chi connectivity index (χ2n) is 8.10. The zero-order valence-electron chi connectivity index (χ0n) is 17.2. The smallest absolute Gasteiger partial charge is 0.158 e. The predicted molar refractivity (Wildman–Crippen MR) is 122 cm³/mol. The number of benzene rings is 2. The van der Waals surface area contributed by atoms with Crippen LogP contribution in [-0.2, 0) is 0 Å². The third-order valence-electron chi connectivity index (χ3n) is 6.25. The van der Waals surface area contributed by atoms with Crippen molar-refractivity contribution < 1.29 is 0 Å². The van der Waals surface area contributed by atoms with Crippen molar-refractivity contribution in [1.29, 1.82) is 0 Å². The highest BCUT2D eigenvalue weighted by atomic mass is 15.5. The number of rotatable bonds is 3. The zero-order valence-corrected chi connectivity index (χ0v) is 17.2. The van der Waals surface area contributed by atoms with Crippen molar-refractivity contribution in [3.8, 4) is 0 Å². The first-order chi connectivity index (χ1) is 14.1. The van der Waals surface area contributed by atoms with Gasteiger partial charge < -0.3 is 14.7 Å². The average molecular weight is 383 g/mol. The fraction of sp³-hybridized carbons (Fsp3) is 0.240. The average Bonchev–Trinajstić information content (AvgIpc) is 3.10. The van der Waals surface area contributed by atoms with Gasteiger partial charge in [0, 0.05) is 37.3 Å². The van der Waals surface area contributed by atoms with Crippen molar-refractivity contribution in [2.24, 2.45) is 5.92 Å². The van der Waals surface area contributed by atoms with E-state index in [-0.39, 0.29) is 6.17 Å². The lowest BCUT2D eigenvalue weighted by atomic mass is 9.80. The molecule has 2 aliphatic rings. The molecule has 29 heavy (non-hydrogen) atoms. The van der Waals surface area contributed by atoms with Gasteiger partial charge in [-0.3, -0.25) is 0 Å². The van der Waals surface area contributed by atoms with Crippen molar-refractivity contribution >= 4 is 28.6 Å². The number of anilines is 5.